The van der Waals surface area contributed by atoms with Crippen LogP contribution >= 0.6 is 11.8 Å². The Labute approximate surface area is 178 Å². The summed E-state index contributed by atoms with van der Waals surface area (Å²) >= 11 is 1.24. The van der Waals surface area contributed by atoms with Crippen molar-refractivity contribution in [3.8, 4) is 17.7 Å². The Morgan fingerprint density at radius 3 is 2.60 bits per heavy atom. The van der Waals surface area contributed by atoms with E-state index < -0.39 is 0 Å². The number of piperazine rings is 1. The van der Waals surface area contributed by atoms with E-state index in [1.54, 1.807) is 12.1 Å². The average molecular weight is 424 g/mol. The fourth-order valence-corrected chi connectivity index (χ4v) is 4.16. The molecule has 0 spiro atoms. The monoisotopic (exact) mass is 423 g/mol. The van der Waals surface area contributed by atoms with Crippen molar-refractivity contribution in [2.45, 2.75) is 11.2 Å². The molecule has 0 radical (unpaired) electrons. The van der Waals surface area contributed by atoms with Crippen LogP contribution < -0.4 is 5.84 Å². The zero-order valence-corrected chi connectivity index (χ0v) is 17.0. The van der Waals surface area contributed by atoms with Crippen LogP contribution in [-0.2, 0) is 4.79 Å². The minimum absolute atomic E-state index is 0.00965. The van der Waals surface area contributed by atoms with Crippen molar-refractivity contribution in [3.05, 3.63) is 54.3 Å². The Balaban J connectivity index is 1.30. The maximum atomic E-state index is 12.6. The van der Waals surface area contributed by atoms with E-state index in [1.165, 1.54) is 22.7 Å². The van der Waals surface area contributed by atoms with E-state index in [-0.39, 0.29) is 17.7 Å². The van der Waals surface area contributed by atoms with E-state index in [4.69, 9.17) is 10.3 Å². The molecule has 1 fully saturated rings. The number of hydrogen-bond acceptors (Lipinski definition) is 8. The summed E-state index contributed by atoms with van der Waals surface area (Å²) in [7, 11) is 0. The normalized spacial score (nSPS) is 15.6. The van der Waals surface area contributed by atoms with Gasteiger partial charge in [0.15, 0.2) is 5.76 Å². The van der Waals surface area contributed by atoms with Gasteiger partial charge in [0, 0.05) is 26.2 Å². The van der Waals surface area contributed by atoms with Crippen LogP contribution in [0.15, 0.2) is 58.3 Å². The van der Waals surface area contributed by atoms with Crippen molar-refractivity contribution in [2.75, 3.05) is 37.8 Å². The molecule has 1 aliphatic heterocycles. The lowest BCUT2D eigenvalue weighted by molar-refractivity contribution is -0.130. The Hall–Kier alpha value is -3.29. The van der Waals surface area contributed by atoms with Gasteiger partial charge in [-0.1, -0.05) is 42.1 Å². The van der Waals surface area contributed by atoms with Crippen LogP contribution in [-0.4, -0.2) is 62.5 Å². The number of aromatic nitrogens is 3. The Morgan fingerprint density at radius 1 is 1.17 bits per heavy atom. The van der Waals surface area contributed by atoms with Crippen LogP contribution in [0.3, 0.4) is 0 Å². The van der Waals surface area contributed by atoms with Crippen molar-refractivity contribution in [3.63, 3.8) is 0 Å². The lowest BCUT2D eigenvalue weighted by atomic mass is 10.1. The largest absolute Gasteiger partial charge is 0.461 e. The number of nitriles is 1. The third-order valence-corrected chi connectivity index (χ3v) is 5.93. The first-order valence-corrected chi connectivity index (χ1v) is 10.5. The maximum Gasteiger partial charge on any atom is 0.233 e. The highest BCUT2D eigenvalue weighted by molar-refractivity contribution is 7.99. The van der Waals surface area contributed by atoms with E-state index in [9.17, 15) is 10.1 Å². The topological polar surface area (TPSA) is 117 Å². The average Bonchev–Trinajstić information content (AvgIpc) is 3.43. The third-order valence-electron chi connectivity index (χ3n) is 5.00. The van der Waals surface area contributed by atoms with Gasteiger partial charge in [-0.2, -0.15) is 5.26 Å². The van der Waals surface area contributed by atoms with Crippen molar-refractivity contribution in [2.24, 2.45) is 0 Å². The number of benzene rings is 1. The molecule has 0 saturated carbocycles. The van der Waals surface area contributed by atoms with Crippen molar-refractivity contribution >= 4 is 17.7 Å². The number of hydrogen-bond donors (Lipinski definition) is 1. The number of nitrogens with zero attached hydrogens (tertiary/aromatic N) is 6. The smallest absolute Gasteiger partial charge is 0.233 e. The Kier molecular flexibility index (Phi) is 6.02. The predicted molar refractivity (Wildman–Crippen MR) is 112 cm³/mol. The number of carbonyl (C=O) groups excluding carboxylic acids is 1. The highest BCUT2D eigenvalue weighted by atomic mass is 32.2. The molecule has 30 heavy (non-hydrogen) atoms. The van der Waals surface area contributed by atoms with Gasteiger partial charge in [0.1, 0.15) is 6.04 Å². The van der Waals surface area contributed by atoms with Gasteiger partial charge in [0.25, 0.3) is 0 Å². The van der Waals surface area contributed by atoms with Crippen molar-refractivity contribution < 1.29 is 9.21 Å². The molecule has 3 heterocycles. The van der Waals surface area contributed by atoms with Crippen molar-refractivity contribution in [1.82, 2.24) is 24.7 Å². The minimum atomic E-state index is -0.298. The Bertz CT molecular complexity index is 1020. The molecule has 1 amide bonds. The molecule has 1 unspecified atom stereocenters. The minimum Gasteiger partial charge on any atom is -0.461 e. The number of nitrogen functional groups attached to an aromatic ring is 1. The van der Waals surface area contributed by atoms with E-state index in [0.717, 1.165) is 5.56 Å². The number of thioether (sulfide) groups is 1. The standard InChI is InChI=1S/C20H21N7O2S/c21-13-16(15-5-2-1-3-6-15)25-8-10-26(11-9-25)18(28)14-30-20-24-23-19(27(20)22)17-7-4-12-29-17/h1-7,12,16H,8-11,14,22H2. The van der Waals surface area contributed by atoms with Crippen LogP contribution in [0.25, 0.3) is 11.6 Å². The molecule has 2 aromatic heterocycles. The van der Waals surface area contributed by atoms with Crippen LogP contribution in [0.4, 0.5) is 0 Å². The fourth-order valence-electron chi connectivity index (χ4n) is 3.40. The first-order valence-electron chi connectivity index (χ1n) is 9.51. The SMILES string of the molecule is N#CC(c1ccccc1)N1CCN(C(=O)CSc2nnc(-c3ccco3)n2N)CC1. The zero-order valence-electron chi connectivity index (χ0n) is 16.2. The Morgan fingerprint density at radius 2 is 1.93 bits per heavy atom. The van der Waals surface area contributed by atoms with Gasteiger partial charge in [0.05, 0.1) is 18.1 Å². The summed E-state index contributed by atoms with van der Waals surface area (Å²) < 4.78 is 6.62. The van der Waals surface area contributed by atoms with Crippen LogP contribution in [0.5, 0.6) is 0 Å². The molecule has 0 aliphatic carbocycles. The van der Waals surface area contributed by atoms with Gasteiger partial charge in [0.2, 0.25) is 16.9 Å². The van der Waals surface area contributed by atoms with Crippen molar-refractivity contribution in [1.29, 1.82) is 5.26 Å². The molecule has 2 N–H and O–H groups in total. The zero-order chi connectivity index (χ0) is 20.9. The summed E-state index contributed by atoms with van der Waals surface area (Å²) in [6.07, 6.45) is 1.54. The molecular weight excluding hydrogens is 402 g/mol. The number of rotatable bonds is 6. The maximum absolute atomic E-state index is 12.6. The molecule has 10 heteroatoms. The quantitative estimate of drug-likeness (QED) is 0.471. The number of carbonyl (C=O) groups is 1. The van der Waals surface area contributed by atoms with Gasteiger partial charge >= 0.3 is 0 Å². The van der Waals surface area contributed by atoms with Gasteiger partial charge in [-0.15, -0.1) is 10.2 Å². The first kappa shape index (κ1) is 20.0. The van der Waals surface area contributed by atoms with E-state index >= 15 is 0 Å². The third kappa shape index (κ3) is 4.17. The van der Waals surface area contributed by atoms with E-state index in [1.807, 2.05) is 35.2 Å². The molecule has 4 rings (SSSR count). The van der Waals surface area contributed by atoms with Crippen LogP contribution in [0.1, 0.15) is 11.6 Å². The summed E-state index contributed by atoms with van der Waals surface area (Å²) in [4.78, 5) is 16.6. The van der Waals surface area contributed by atoms with Gasteiger partial charge in [-0.25, -0.2) is 4.68 Å². The lowest BCUT2D eigenvalue weighted by Gasteiger charge is -2.37. The first-order chi connectivity index (χ1) is 14.7. The number of amides is 1. The molecule has 1 atom stereocenters. The molecule has 1 aromatic carbocycles. The second kappa shape index (κ2) is 9.02. The summed E-state index contributed by atoms with van der Waals surface area (Å²) in [5.74, 6) is 7.18. The van der Waals surface area contributed by atoms with E-state index in [2.05, 4.69) is 21.2 Å². The lowest BCUT2D eigenvalue weighted by Crippen LogP contribution is -2.50. The van der Waals surface area contributed by atoms with Gasteiger partial charge in [-0.3, -0.25) is 9.69 Å². The summed E-state index contributed by atoms with van der Waals surface area (Å²) in [5.41, 5.74) is 0.977. The molecule has 0 bridgehead atoms. The van der Waals surface area contributed by atoms with Crippen LogP contribution in [0.2, 0.25) is 0 Å². The number of nitrogens with two attached hydrogens (primary N) is 1. The molecule has 9 nitrogen and oxygen atoms in total. The molecule has 1 aliphatic rings. The molecular formula is C20H21N7O2S. The van der Waals surface area contributed by atoms with Crippen LogP contribution in [0, 0.1) is 11.3 Å². The summed E-state index contributed by atoms with van der Waals surface area (Å²) in [5, 5.41) is 18.1. The predicted octanol–water partition coefficient (Wildman–Crippen LogP) is 1.75. The molecule has 154 valence electrons. The highest BCUT2D eigenvalue weighted by Gasteiger charge is 2.27. The second-order valence-corrected chi connectivity index (χ2v) is 7.74. The molecule has 1 saturated heterocycles. The van der Waals surface area contributed by atoms with Gasteiger partial charge < -0.3 is 15.2 Å². The van der Waals surface area contributed by atoms with E-state index in [0.29, 0.717) is 42.9 Å². The fraction of sp³-hybridized carbons (Fsp3) is 0.300. The second-order valence-electron chi connectivity index (χ2n) is 6.80. The highest BCUT2D eigenvalue weighted by Crippen LogP contribution is 2.24. The summed E-state index contributed by atoms with van der Waals surface area (Å²) in [6.45, 7) is 2.47. The molecule has 3 aromatic rings. The summed E-state index contributed by atoms with van der Waals surface area (Å²) in [6, 6.07) is 15.3. The van der Waals surface area contributed by atoms with Gasteiger partial charge in [-0.05, 0) is 17.7 Å². The number of furan rings is 1.